The van der Waals surface area contributed by atoms with Gasteiger partial charge in [-0.25, -0.2) is 4.79 Å². The van der Waals surface area contributed by atoms with Crippen LogP contribution in [-0.4, -0.2) is 47.5 Å². The van der Waals surface area contributed by atoms with E-state index in [1.165, 1.54) is 4.90 Å². The highest BCUT2D eigenvalue weighted by atomic mass is 35.5. The second kappa shape index (κ2) is 5.89. The molecule has 1 N–H and O–H groups in total. The number of aliphatic hydroxyl groups is 1. The third-order valence-electron chi connectivity index (χ3n) is 3.22. The molecule has 1 atom stereocenters. The number of rotatable bonds is 5. The average Bonchev–Trinajstić information content (AvgIpc) is 2.79. The van der Waals surface area contributed by atoms with Gasteiger partial charge in [0, 0.05) is 5.02 Å². The van der Waals surface area contributed by atoms with Crippen molar-refractivity contribution in [2.75, 3.05) is 19.8 Å². The van der Waals surface area contributed by atoms with Crippen molar-refractivity contribution in [3.63, 3.8) is 0 Å². The topological polar surface area (TPSA) is 59.0 Å². The predicted molar refractivity (Wildman–Crippen MR) is 75.1 cm³/mol. The second-order valence-corrected chi connectivity index (χ2v) is 5.79. The van der Waals surface area contributed by atoms with Gasteiger partial charge in [-0.3, -0.25) is 4.90 Å². The molecule has 0 radical (unpaired) electrons. The van der Waals surface area contributed by atoms with Crippen molar-refractivity contribution < 1.29 is 19.4 Å². The average molecular weight is 300 g/mol. The maximum Gasteiger partial charge on any atom is 0.410 e. The van der Waals surface area contributed by atoms with Crippen molar-refractivity contribution in [2.45, 2.75) is 25.5 Å². The van der Waals surface area contributed by atoms with Gasteiger partial charge in [0.1, 0.15) is 12.4 Å². The number of ether oxygens (including phenoxy) is 2. The van der Waals surface area contributed by atoms with Crippen molar-refractivity contribution in [1.29, 1.82) is 0 Å². The van der Waals surface area contributed by atoms with E-state index < -0.39 is 11.6 Å². The van der Waals surface area contributed by atoms with E-state index in [4.69, 9.17) is 21.1 Å². The fraction of sp³-hybridized carbons (Fsp3) is 0.500. The van der Waals surface area contributed by atoms with Crippen LogP contribution in [0.4, 0.5) is 4.79 Å². The van der Waals surface area contributed by atoms with Gasteiger partial charge in [-0.15, -0.1) is 0 Å². The lowest BCUT2D eigenvalue weighted by molar-refractivity contribution is 0.0810. The first-order chi connectivity index (χ1) is 9.42. The SMILES string of the molecule is CC(C)(CO)N1CC(COc2cccc(Cl)c2)OC1=O. The number of cyclic esters (lactones) is 1. The van der Waals surface area contributed by atoms with Crippen LogP contribution in [0.5, 0.6) is 5.75 Å². The van der Waals surface area contributed by atoms with E-state index in [0.29, 0.717) is 17.3 Å². The van der Waals surface area contributed by atoms with Crippen LogP contribution in [0.15, 0.2) is 24.3 Å². The molecule has 0 bridgehead atoms. The lowest BCUT2D eigenvalue weighted by Crippen LogP contribution is -2.47. The summed E-state index contributed by atoms with van der Waals surface area (Å²) in [5.74, 6) is 0.633. The van der Waals surface area contributed by atoms with Gasteiger partial charge < -0.3 is 14.6 Å². The molecule has 0 aromatic heterocycles. The molecule has 1 heterocycles. The quantitative estimate of drug-likeness (QED) is 0.906. The molecule has 5 nitrogen and oxygen atoms in total. The van der Waals surface area contributed by atoms with Crippen molar-refractivity contribution in [2.24, 2.45) is 0 Å². The summed E-state index contributed by atoms with van der Waals surface area (Å²) in [6.07, 6.45) is -0.781. The van der Waals surface area contributed by atoms with Gasteiger partial charge in [0.25, 0.3) is 0 Å². The van der Waals surface area contributed by atoms with Crippen molar-refractivity contribution in [1.82, 2.24) is 4.90 Å². The first-order valence-electron chi connectivity index (χ1n) is 6.40. The zero-order chi connectivity index (χ0) is 14.8. The Bertz CT molecular complexity index is 492. The number of nitrogens with zero attached hydrogens (tertiary/aromatic N) is 1. The molecule has 2 rings (SSSR count). The Kier molecular flexibility index (Phi) is 4.40. The Morgan fingerprint density at radius 3 is 2.95 bits per heavy atom. The van der Waals surface area contributed by atoms with Gasteiger partial charge in [-0.2, -0.15) is 0 Å². The molecule has 20 heavy (non-hydrogen) atoms. The van der Waals surface area contributed by atoms with Crippen LogP contribution in [0.2, 0.25) is 5.02 Å². The molecule has 1 saturated heterocycles. The first kappa shape index (κ1) is 14.9. The number of hydrogen-bond acceptors (Lipinski definition) is 4. The van der Waals surface area contributed by atoms with Gasteiger partial charge in [0.2, 0.25) is 0 Å². The van der Waals surface area contributed by atoms with Crippen LogP contribution in [0.3, 0.4) is 0 Å². The molecule has 110 valence electrons. The molecule has 1 aromatic rings. The standard InChI is InChI=1S/C14H18ClNO4/c1-14(2,9-17)16-7-12(20-13(16)18)8-19-11-5-3-4-10(15)6-11/h3-6,12,17H,7-9H2,1-2H3. The Morgan fingerprint density at radius 1 is 1.55 bits per heavy atom. The Labute approximate surface area is 123 Å². The summed E-state index contributed by atoms with van der Waals surface area (Å²) in [7, 11) is 0. The normalized spacial score (nSPS) is 19.1. The second-order valence-electron chi connectivity index (χ2n) is 5.36. The molecule has 1 aliphatic rings. The van der Waals surface area contributed by atoms with Crippen LogP contribution < -0.4 is 4.74 Å². The molecule has 1 unspecified atom stereocenters. The molecule has 0 saturated carbocycles. The zero-order valence-corrected chi connectivity index (χ0v) is 12.3. The minimum atomic E-state index is -0.637. The van der Waals surface area contributed by atoms with E-state index in [9.17, 15) is 9.90 Å². The molecule has 0 aliphatic carbocycles. The van der Waals surface area contributed by atoms with E-state index in [0.717, 1.165) is 0 Å². The van der Waals surface area contributed by atoms with Crippen LogP contribution >= 0.6 is 11.6 Å². The third-order valence-corrected chi connectivity index (χ3v) is 3.46. The summed E-state index contributed by atoms with van der Waals surface area (Å²) in [5, 5.41) is 9.89. The summed E-state index contributed by atoms with van der Waals surface area (Å²) < 4.78 is 10.8. The van der Waals surface area contributed by atoms with Gasteiger partial charge in [-0.1, -0.05) is 17.7 Å². The molecule has 1 aliphatic heterocycles. The van der Waals surface area contributed by atoms with E-state index >= 15 is 0 Å². The maximum absolute atomic E-state index is 11.8. The predicted octanol–water partition coefficient (Wildman–Crippen LogP) is 2.31. The largest absolute Gasteiger partial charge is 0.490 e. The lowest BCUT2D eigenvalue weighted by atomic mass is 10.1. The minimum absolute atomic E-state index is 0.121. The third kappa shape index (κ3) is 3.35. The van der Waals surface area contributed by atoms with E-state index in [1.807, 2.05) is 0 Å². The minimum Gasteiger partial charge on any atom is -0.490 e. The van der Waals surface area contributed by atoms with Crippen LogP contribution in [-0.2, 0) is 4.74 Å². The highest BCUT2D eigenvalue weighted by Gasteiger charge is 2.40. The number of hydrogen-bond donors (Lipinski definition) is 1. The van der Waals surface area contributed by atoms with Crippen LogP contribution in [0, 0.1) is 0 Å². The molecule has 0 spiro atoms. The highest BCUT2D eigenvalue weighted by Crippen LogP contribution is 2.23. The zero-order valence-electron chi connectivity index (χ0n) is 11.5. The smallest absolute Gasteiger partial charge is 0.410 e. The molecular formula is C14H18ClNO4. The number of carbonyl (C=O) groups is 1. The van der Waals surface area contributed by atoms with Crippen molar-refractivity contribution in [3.8, 4) is 5.75 Å². The highest BCUT2D eigenvalue weighted by molar-refractivity contribution is 6.30. The monoisotopic (exact) mass is 299 g/mol. The van der Waals surface area contributed by atoms with Gasteiger partial charge in [0.15, 0.2) is 6.10 Å². The van der Waals surface area contributed by atoms with Gasteiger partial charge in [-0.05, 0) is 32.0 Å². The summed E-state index contributed by atoms with van der Waals surface area (Å²) in [6.45, 7) is 4.10. The van der Waals surface area contributed by atoms with Gasteiger partial charge in [0.05, 0.1) is 18.7 Å². The number of benzene rings is 1. The summed E-state index contributed by atoms with van der Waals surface area (Å²) >= 11 is 5.86. The van der Waals surface area contributed by atoms with Crippen molar-refractivity contribution in [3.05, 3.63) is 29.3 Å². The fourth-order valence-corrected chi connectivity index (χ4v) is 2.11. The van der Waals surface area contributed by atoms with E-state index in [2.05, 4.69) is 0 Å². The first-order valence-corrected chi connectivity index (χ1v) is 6.77. The fourth-order valence-electron chi connectivity index (χ4n) is 1.93. The molecular weight excluding hydrogens is 282 g/mol. The summed E-state index contributed by atoms with van der Waals surface area (Å²) in [5.41, 5.74) is -0.637. The Balaban J connectivity index is 1.91. The molecule has 6 heteroatoms. The lowest BCUT2D eigenvalue weighted by Gasteiger charge is -2.31. The van der Waals surface area contributed by atoms with Crippen molar-refractivity contribution >= 4 is 17.7 Å². The summed E-state index contributed by atoms with van der Waals surface area (Å²) in [4.78, 5) is 13.3. The number of halogens is 1. The van der Waals surface area contributed by atoms with Crippen LogP contribution in [0.1, 0.15) is 13.8 Å². The molecule has 1 aromatic carbocycles. The van der Waals surface area contributed by atoms with Gasteiger partial charge >= 0.3 is 6.09 Å². The Hall–Kier alpha value is -1.46. The molecule has 1 fully saturated rings. The van der Waals surface area contributed by atoms with Crippen LogP contribution in [0.25, 0.3) is 0 Å². The number of carbonyl (C=O) groups excluding carboxylic acids is 1. The number of aliphatic hydroxyl groups excluding tert-OH is 1. The molecule has 1 amide bonds. The van der Waals surface area contributed by atoms with E-state index in [-0.39, 0.29) is 19.3 Å². The maximum atomic E-state index is 11.8. The number of amides is 1. The van der Waals surface area contributed by atoms with E-state index in [1.54, 1.807) is 38.1 Å². The Morgan fingerprint density at radius 2 is 2.30 bits per heavy atom. The summed E-state index contributed by atoms with van der Waals surface area (Å²) in [6, 6.07) is 7.04.